The second kappa shape index (κ2) is 10.6. The van der Waals surface area contributed by atoms with Gasteiger partial charge >= 0.3 is 0 Å². The molecule has 0 unspecified atom stereocenters. The standard InChI is InChI=1S/C30H27N5O3S/c1-20-13-14-22(19-27(20)39(37,38)35(2)3)28-25-11-7-8-12-26(25)29(34-33-28)31-24-17-15-21(16-18-24)30(36)32-23-9-5-4-6-10-23/h4-19H,1-3H3,(H,31,34)(H,32,36). The maximum atomic E-state index is 12.9. The summed E-state index contributed by atoms with van der Waals surface area (Å²) in [7, 11) is -0.597. The van der Waals surface area contributed by atoms with Crippen molar-refractivity contribution in [3.8, 4) is 11.3 Å². The number of fused-ring (bicyclic) bond motifs is 1. The Hall–Kier alpha value is -4.60. The Kier molecular flexibility index (Phi) is 7.10. The number of aromatic nitrogens is 2. The van der Waals surface area contributed by atoms with Crippen LogP contribution in [0.1, 0.15) is 15.9 Å². The Morgan fingerprint density at radius 1 is 0.769 bits per heavy atom. The average molecular weight is 538 g/mol. The second-order valence-corrected chi connectivity index (χ2v) is 11.4. The minimum Gasteiger partial charge on any atom is -0.338 e. The van der Waals surface area contributed by atoms with E-state index in [1.165, 1.54) is 18.4 Å². The van der Waals surface area contributed by atoms with Crippen molar-refractivity contribution < 1.29 is 13.2 Å². The fourth-order valence-electron chi connectivity index (χ4n) is 4.20. The first-order chi connectivity index (χ1) is 18.7. The molecule has 5 rings (SSSR count). The molecular weight excluding hydrogens is 510 g/mol. The number of rotatable bonds is 7. The number of para-hydroxylation sites is 1. The number of anilines is 3. The zero-order valence-corrected chi connectivity index (χ0v) is 22.5. The van der Waals surface area contributed by atoms with Crippen molar-refractivity contribution in [3.05, 3.63) is 108 Å². The van der Waals surface area contributed by atoms with Crippen molar-refractivity contribution in [2.75, 3.05) is 24.7 Å². The van der Waals surface area contributed by atoms with Gasteiger partial charge in [0.1, 0.15) is 5.69 Å². The van der Waals surface area contributed by atoms with Gasteiger partial charge < -0.3 is 10.6 Å². The largest absolute Gasteiger partial charge is 0.338 e. The van der Waals surface area contributed by atoms with Gasteiger partial charge in [-0.05, 0) is 55.0 Å². The second-order valence-electron chi connectivity index (χ2n) is 9.23. The van der Waals surface area contributed by atoms with E-state index in [0.717, 1.165) is 22.1 Å². The van der Waals surface area contributed by atoms with Gasteiger partial charge in [-0.15, -0.1) is 10.2 Å². The lowest BCUT2D eigenvalue weighted by molar-refractivity contribution is 0.102. The van der Waals surface area contributed by atoms with Crippen molar-refractivity contribution in [1.82, 2.24) is 14.5 Å². The SMILES string of the molecule is Cc1ccc(-c2nnc(Nc3ccc(C(=O)Nc4ccccc4)cc3)c3ccccc23)cc1S(=O)(=O)N(C)C. The van der Waals surface area contributed by atoms with Crippen LogP contribution < -0.4 is 10.6 Å². The minimum atomic E-state index is -3.62. The van der Waals surface area contributed by atoms with E-state index < -0.39 is 10.0 Å². The van der Waals surface area contributed by atoms with Gasteiger partial charge in [-0.2, -0.15) is 0 Å². The molecule has 5 aromatic rings. The summed E-state index contributed by atoms with van der Waals surface area (Å²) >= 11 is 0. The van der Waals surface area contributed by atoms with E-state index in [2.05, 4.69) is 20.8 Å². The van der Waals surface area contributed by atoms with Crippen molar-refractivity contribution in [2.24, 2.45) is 0 Å². The monoisotopic (exact) mass is 537 g/mol. The maximum Gasteiger partial charge on any atom is 0.255 e. The first-order valence-corrected chi connectivity index (χ1v) is 13.7. The number of benzene rings is 4. The highest BCUT2D eigenvalue weighted by Gasteiger charge is 2.21. The number of sulfonamides is 1. The minimum absolute atomic E-state index is 0.198. The van der Waals surface area contributed by atoms with Gasteiger partial charge in [0, 0.05) is 47.4 Å². The molecule has 0 bridgehead atoms. The Bertz CT molecular complexity index is 1770. The number of aryl methyl sites for hydroxylation is 1. The van der Waals surface area contributed by atoms with E-state index in [-0.39, 0.29) is 10.8 Å². The molecule has 0 atom stereocenters. The van der Waals surface area contributed by atoms with Crippen LogP contribution >= 0.6 is 0 Å². The van der Waals surface area contributed by atoms with Crippen LogP contribution in [0.5, 0.6) is 0 Å². The average Bonchev–Trinajstić information content (AvgIpc) is 2.94. The molecular formula is C30H27N5O3S. The van der Waals surface area contributed by atoms with E-state index in [1.807, 2.05) is 72.8 Å². The highest BCUT2D eigenvalue weighted by Crippen LogP contribution is 2.33. The van der Waals surface area contributed by atoms with E-state index in [4.69, 9.17) is 0 Å². The molecule has 0 aliphatic rings. The molecule has 0 fully saturated rings. The number of carbonyl (C=O) groups excluding carboxylic acids is 1. The molecule has 0 aliphatic carbocycles. The summed E-state index contributed by atoms with van der Waals surface area (Å²) in [5.41, 5.74) is 3.89. The summed E-state index contributed by atoms with van der Waals surface area (Å²) < 4.78 is 26.9. The smallest absolute Gasteiger partial charge is 0.255 e. The van der Waals surface area contributed by atoms with E-state index in [9.17, 15) is 13.2 Å². The zero-order valence-electron chi connectivity index (χ0n) is 21.7. The van der Waals surface area contributed by atoms with Gasteiger partial charge in [0.05, 0.1) is 4.90 Å². The molecule has 1 heterocycles. The van der Waals surface area contributed by atoms with Crippen molar-refractivity contribution in [2.45, 2.75) is 11.8 Å². The molecule has 1 amide bonds. The van der Waals surface area contributed by atoms with E-state index in [0.29, 0.717) is 28.2 Å². The molecule has 4 aromatic carbocycles. The number of hydrogen-bond acceptors (Lipinski definition) is 6. The van der Waals surface area contributed by atoms with Gasteiger partial charge in [0.25, 0.3) is 5.91 Å². The highest BCUT2D eigenvalue weighted by molar-refractivity contribution is 7.89. The fourth-order valence-corrected chi connectivity index (χ4v) is 5.34. The first kappa shape index (κ1) is 26.0. The lowest BCUT2D eigenvalue weighted by Crippen LogP contribution is -2.23. The number of carbonyl (C=O) groups is 1. The lowest BCUT2D eigenvalue weighted by atomic mass is 10.0. The number of nitrogens with zero attached hydrogens (tertiary/aromatic N) is 3. The van der Waals surface area contributed by atoms with Crippen molar-refractivity contribution in [3.63, 3.8) is 0 Å². The fraction of sp³-hybridized carbons (Fsp3) is 0.100. The molecule has 0 radical (unpaired) electrons. The molecule has 1 aromatic heterocycles. The molecule has 9 heteroatoms. The summed E-state index contributed by atoms with van der Waals surface area (Å²) in [6.45, 7) is 1.77. The number of hydrogen-bond donors (Lipinski definition) is 2. The van der Waals surface area contributed by atoms with Gasteiger partial charge in [-0.1, -0.05) is 54.6 Å². The van der Waals surface area contributed by atoms with E-state index in [1.54, 1.807) is 31.2 Å². The third-order valence-electron chi connectivity index (χ3n) is 6.35. The van der Waals surface area contributed by atoms with Crippen LogP contribution in [0, 0.1) is 6.92 Å². The Morgan fingerprint density at radius 2 is 1.44 bits per heavy atom. The predicted octanol–water partition coefficient (Wildman–Crippen LogP) is 5.85. The molecule has 0 aliphatic heterocycles. The van der Waals surface area contributed by atoms with E-state index >= 15 is 0 Å². The van der Waals surface area contributed by atoms with Crippen LogP contribution in [0.15, 0.2) is 102 Å². The van der Waals surface area contributed by atoms with Crippen LogP contribution in [0.4, 0.5) is 17.2 Å². The predicted molar refractivity (Wildman–Crippen MR) is 155 cm³/mol. The Balaban J connectivity index is 1.44. The molecule has 2 N–H and O–H groups in total. The topological polar surface area (TPSA) is 104 Å². The summed E-state index contributed by atoms with van der Waals surface area (Å²) in [5, 5.41) is 16.7. The summed E-state index contributed by atoms with van der Waals surface area (Å²) in [4.78, 5) is 12.8. The first-order valence-electron chi connectivity index (χ1n) is 12.3. The number of nitrogens with one attached hydrogen (secondary N) is 2. The molecule has 0 saturated carbocycles. The molecule has 8 nitrogen and oxygen atoms in total. The lowest BCUT2D eigenvalue weighted by Gasteiger charge is -2.16. The molecule has 0 saturated heterocycles. The van der Waals surface area contributed by atoms with Gasteiger partial charge in [0.15, 0.2) is 5.82 Å². The molecule has 39 heavy (non-hydrogen) atoms. The van der Waals surface area contributed by atoms with Gasteiger partial charge in [0.2, 0.25) is 10.0 Å². The van der Waals surface area contributed by atoms with Crippen LogP contribution in [-0.4, -0.2) is 42.9 Å². The van der Waals surface area contributed by atoms with Crippen molar-refractivity contribution >= 4 is 43.9 Å². The van der Waals surface area contributed by atoms with Crippen LogP contribution in [0.3, 0.4) is 0 Å². The summed E-state index contributed by atoms with van der Waals surface area (Å²) in [6.07, 6.45) is 0. The van der Waals surface area contributed by atoms with Gasteiger partial charge in [-0.3, -0.25) is 4.79 Å². The van der Waals surface area contributed by atoms with Gasteiger partial charge in [-0.25, -0.2) is 12.7 Å². The summed E-state index contributed by atoms with van der Waals surface area (Å²) in [6, 6.07) is 29.3. The third-order valence-corrected chi connectivity index (χ3v) is 8.31. The molecule has 0 spiro atoms. The Morgan fingerprint density at radius 3 is 2.13 bits per heavy atom. The van der Waals surface area contributed by atoms with Crippen LogP contribution in [0.25, 0.3) is 22.0 Å². The Labute approximate surface area is 227 Å². The third kappa shape index (κ3) is 5.36. The maximum absolute atomic E-state index is 12.9. The molecule has 196 valence electrons. The summed E-state index contributed by atoms with van der Waals surface area (Å²) in [5.74, 6) is 0.347. The quantitative estimate of drug-likeness (QED) is 0.270. The number of amides is 1. The highest BCUT2D eigenvalue weighted by atomic mass is 32.2. The van der Waals surface area contributed by atoms with Crippen LogP contribution in [-0.2, 0) is 10.0 Å². The zero-order chi connectivity index (χ0) is 27.6. The van der Waals surface area contributed by atoms with Crippen molar-refractivity contribution in [1.29, 1.82) is 0 Å². The normalized spacial score (nSPS) is 11.5. The van der Waals surface area contributed by atoms with Crippen LogP contribution in [0.2, 0.25) is 0 Å².